The summed E-state index contributed by atoms with van der Waals surface area (Å²) in [6.45, 7) is 5.67. The number of fused-ring (bicyclic) bond motifs is 1. The Morgan fingerprint density at radius 1 is 1.27 bits per heavy atom. The minimum absolute atomic E-state index is 0.00162. The summed E-state index contributed by atoms with van der Waals surface area (Å²) in [7, 11) is 0. The highest BCUT2D eigenvalue weighted by molar-refractivity contribution is 8.00. The zero-order valence-corrected chi connectivity index (χ0v) is 22.4. The maximum Gasteiger partial charge on any atom is 0.267 e. The van der Waals surface area contributed by atoms with Crippen LogP contribution < -0.4 is 26.8 Å². The Bertz CT molecular complexity index is 1130. The van der Waals surface area contributed by atoms with E-state index >= 15 is 0 Å². The summed E-state index contributed by atoms with van der Waals surface area (Å²) in [5, 5.41) is 29.1. The first kappa shape index (κ1) is 26.4. The number of nitriles is 1. The third kappa shape index (κ3) is 5.52. The molecule has 1 aromatic heterocycles. The second-order valence-corrected chi connectivity index (χ2v) is 12.4. The molecule has 37 heavy (non-hydrogen) atoms. The number of likely N-dealkylation sites (tertiary alicyclic amines) is 1. The third-order valence-electron chi connectivity index (χ3n) is 8.14. The van der Waals surface area contributed by atoms with Crippen LogP contribution in [0.2, 0.25) is 5.15 Å². The van der Waals surface area contributed by atoms with Gasteiger partial charge in [0.2, 0.25) is 11.8 Å². The molecule has 13 heteroatoms. The molecule has 11 nitrogen and oxygen atoms in total. The van der Waals surface area contributed by atoms with Gasteiger partial charge in [-0.2, -0.15) is 10.4 Å². The minimum atomic E-state index is -0.423. The molecule has 200 valence electrons. The molecule has 0 saturated carbocycles. The number of hydrogen-bond donors (Lipinski definition) is 5. The largest absolute Gasteiger partial charge is 0.339 e. The maximum absolute atomic E-state index is 13.4. The topological polar surface area (TPSA) is 155 Å². The summed E-state index contributed by atoms with van der Waals surface area (Å²) in [6.07, 6.45) is 2.04. The monoisotopic (exact) mass is 548 g/mol. The van der Waals surface area contributed by atoms with Crippen molar-refractivity contribution in [3.8, 4) is 6.07 Å². The van der Waals surface area contributed by atoms with Crippen LogP contribution in [-0.4, -0.2) is 81.5 Å². The number of H-pyrrole nitrogens is 1. The van der Waals surface area contributed by atoms with Gasteiger partial charge in [0.15, 0.2) is 0 Å². The van der Waals surface area contributed by atoms with Crippen molar-refractivity contribution >= 4 is 35.2 Å². The molecule has 0 spiro atoms. The predicted octanol–water partition coefficient (Wildman–Crippen LogP) is 0.101. The molecule has 4 aliphatic heterocycles. The van der Waals surface area contributed by atoms with Crippen molar-refractivity contribution in [2.45, 2.75) is 73.9 Å². The van der Waals surface area contributed by atoms with Crippen molar-refractivity contribution in [1.82, 2.24) is 36.4 Å². The fourth-order valence-corrected chi connectivity index (χ4v) is 7.63. The Kier molecular flexibility index (Phi) is 7.79. The molecule has 9 unspecified atom stereocenters. The summed E-state index contributed by atoms with van der Waals surface area (Å²) in [6, 6.07) is 3.88. The molecule has 0 aliphatic carbocycles. The number of aromatic nitrogens is 2. The first-order valence-electron chi connectivity index (χ1n) is 12.9. The van der Waals surface area contributed by atoms with Crippen LogP contribution in [0.4, 0.5) is 0 Å². The van der Waals surface area contributed by atoms with E-state index in [0.29, 0.717) is 38.0 Å². The number of piperidine rings is 2. The summed E-state index contributed by atoms with van der Waals surface area (Å²) >= 11 is 7.67. The fraction of sp³-hybridized carbons (Fsp3) is 0.708. The van der Waals surface area contributed by atoms with Crippen LogP contribution in [0.25, 0.3) is 0 Å². The van der Waals surface area contributed by atoms with Gasteiger partial charge in [-0.05, 0) is 39.2 Å². The standard InChI is InChI=1S/C24H33ClN8O3S/c1-11-5-14(15-6-20(25)31-32-22(15)35)16(8-27-11)21(34)30-24-29-18-9-33(10-19(18)37-24)23(36)17-4-3-13(7-26)12(2)28-17/h6,11-14,16-19,24,27-29H,3-5,8-10H2,1-2H3,(H,30,34)(H,32,35). The first-order valence-corrected chi connectivity index (χ1v) is 14.2. The molecule has 5 heterocycles. The van der Waals surface area contributed by atoms with E-state index in [1.807, 2.05) is 18.7 Å². The molecule has 4 fully saturated rings. The Hall–Kier alpha value is -2.17. The molecular weight excluding hydrogens is 516 g/mol. The highest BCUT2D eigenvalue weighted by atomic mass is 35.5. The van der Waals surface area contributed by atoms with E-state index in [1.165, 1.54) is 0 Å². The van der Waals surface area contributed by atoms with E-state index < -0.39 is 5.92 Å². The van der Waals surface area contributed by atoms with Crippen LogP contribution >= 0.6 is 23.4 Å². The van der Waals surface area contributed by atoms with E-state index in [-0.39, 0.29) is 69.3 Å². The number of carbonyl (C=O) groups excluding carboxylic acids is 2. The second kappa shape index (κ2) is 10.9. The van der Waals surface area contributed by atoms with E-state index in [9.17, 15) is 19.6 Å². The van der Waals surface area contributed by atoms with Crippen molar-refractivity contribution in [3.05, 3.63) is 27.1 Å². The van der Waals surface area contributed by atoms with Crippen LogP contribution in [0.5, 0.6) is 0 Å². The molecule has 0 bridgehead atoms. The first-order chi connectivity index (χ1) is 17.7. The normalized spacial score (nSPS) is 37.6. The van der Waals surface area contributed by atoms with E-state index in [0.717, 1.165) is 6.42 Å². The highest BCUT2D eigenvalue weighted by Crippen LogP contribution is 2.35. The Morgan fingerprint density at radius 3 is 2.81 bits per heavy atom. The van der Waals surface area contributed by atoms with Crippen molar-refractivity contribution in [2.75, 3.05) is 19.6 Å². The molecular formula is C24H33ClN8O3S. The van der Waals surface area contributed by atoms with Gasteiger partial charge in [0.25, 0.3) is 5.56 Å². The molecule has 5 N–H and O–H groups in total. The summed E-state index contributed by atoms with van der Waals surface area (Å²) in [5.74, 6) is -0.785. The molecule has 4 aliphatic rings. The average molecular weight is 549 g/mol. The van der Waals surface area contributed by atoms with Gasteiger partial charge in [-0.15, -0.1) is 11.8 Å². The average Bonchev–Trinajstić information content (AvgIpc) is 3.43. The number of aromatic amines is 1. The van der Waals surface area contributed by atoms with Crippen LogP contribution in [0.1, 0.15) is 44.6 Å². The zero-order valence-electron chi connectivity index (χ0n) is 20.9. The molecule has 1 aromatic rings. The number of nitrogens with zero attached hydrogens (tertiary/aromatic N) is 3. The fourth-order valence-electron chi connectivity index (χ4n) is 6.07. The lowest BCUT2D eigenvalue weighted by Crippen LogP contribution is -2.54. The lowest BCUT2D eigenvalue weighted by Gasteiger charge is -2.35. The maximum atomic E-state index is 13.4. The summed E-state index contributed by atoms with van der Waals surface area (Å²) in [4.78, 5) is 40.8. The number of carbonyl (C=O) groups is 2. The van der Waals surface area contributed by atoms with E-state index in [4.69, 9.17) is 11.6 Å². The van der Waals surface area contributed by atoms with Crippen LogP contribution in [0, 0.1) is 23.2 Å². The van der Waals surface area contributed by atoms with Crippen molar-refractivity contribution in [3.63, 3.8) is 0 Å². The molecule has 4 saturated heterocycles. The molecule has 9 atom stereocenters. The summed E-state index contributed by atoms with van der Waals surface area (Å²) in [5.41, 5.74) is -0.0967. The predicted molar refractivity (Wildman–Crippen MR) is 140 cm³/mol. The Labute approximate surface area is 224 Å². The van der Waals surface area contributed by atoms with Crippen molar-refractivity contribution in [1.29, 1.82) is 5.26 Å². The number of rotatable bonds is 4. The molecule has 5 rings (SSSR count). The number of amides is 2. The molecule has 0 aromatic carbocycles. The molecule has 0 radical (unpaired) electrons. The number of thioether (sulfide) groups is 1. The highest BCUT2D eigenvalue weighted by Gasteiger charge is 2.46. The van der Waals surface area contributed by atoms with Gasteiger partial charge in [-0.1, -0.05) is 11.6 Å². The Balaban J connectivity index is 1.17. The lowest BCUT2D eigenvalue weighted by molar-refractivity contribution is -0.133. The third-order valence-corrected chi connectivity index (χ3v) is 9.69. The van der Waals surface area contributed by atoms with Crippen LogP contribution in [-0.2, 0) is 9.59 Å². The number of nitrogens with one attached hydrogen (secondary N) is 5. The minimum Gasteiger partial charge on any atom is -0.339 e. The van der Waals surface area contributed by atoms with Gasteiger partial charge in [-0.3, -0.25) is 19.7 Å². The van der Waals surface area contributed by atoms with Crippen molar-refractivity contribution in [2.24, 2.45) is 11.8 Å². The van der Waals surface area contributed by atoms with E-state index in [2.05, 4.69) is 37.5 Å². The van der Waals surface area contributed by atoms with Gasteiger partial charge >= 0.3 is 0 Å². The zero-order chi connectivity index (χ0) is 26.3. The van der Waals surface area contributed by atoms with Gasteiger partial charge in [0.05, 0.1) is 23.9 Å². The summed E-state index contributed by atoms with van der Waals surface area (Å²) < 4.78 is 0. The van der Waals surface area contributed by atoms with Gasteiger partial charge in [0, 0.05) is 54.5 Å². The number of hydrogen-bond acceptors (Lipinski definition) is 9. The van der Waals surface area contributed by atoms with Crippen LogP contribution in [0.3, 0.4) is 0 Å². The van der Waals surface area contributed by atoms with E-state index in [1.54, 1.807) is 17.8 Å². The number of halogens is 1. The van der Waals surface area contributed by atoms with Gasteiger partial charge < -0.3 is 20.9 Å². The van der Waals surface area contributed by atoms with Gasteiger partial charge in [0.1, 0.15) is 10.7 Å². The molecule has 2 amide bonds. The Morgan fingerprint density at radius 2 is 2.08 bits per heavy atom. The lowest BCUT2D eigenvalue weighted by atomic mass is 9.79. The SMILES string of the molecule is CC1CC(c2cc(Cl)n[nH]c2=O)C(C(=O)NC2NC3CN(C(=O)C4CCC(C#N)C(C)N4)CC3S2)CN1. The van der Waals surface area contributed by atoms with Crippen molar-refractivity contribution < 1.29 is 9.59 Å². The second-order valence-electron chi connectivity index (χ2n) is 10.6. The van der Waals surface area contributed by atoms with Gasteiger partial charge in [-0.25, -0.2) is 5.10 Å². The quantitative estimate of drug-likeness (QED) is 0.352. The smallest absolute Gasteiger partial charge is 0.267 e. The van der Waals surface area contributed by atoms with Crippen LogP contribution in [0.15, 0.2) is 10.9 Å².